The zero-order valence-corrected chi connectivity index (χ0v) is 13.8. The molecule has 120 valence electrons. The highest BCUT2D eigenvalue weighted by molar-refractivity contribution is 5.84. The maximum absolute atomic E-state index is 12.6. The van der Waals surface area contributed by atoms with E-state index in [4.69, 9.17) is 4.99 Å². The Morgan fingerprint density at radius 1 is 1.19 bits per heavy atom. The number of amides is 1. The largest absolute Gasteiger partial charge is 0.357 e. The summed E-state index contributed by atoms with van der Waals surface area (Å²) in [5, 5.41) is 3.38. The number of hydrogen-bond acceptors (Lipinski definition) is 2. The Labute approximate surface area is 128 Å². The van der Waals surface area contributed by atoms with Gasteiger partial charge in [-0.3, -0.25) is 9.79 Å². The van der Waals surface area contributed by atoms with E-state index in [0.29, 0.717) is 6.54 Å². The molecule has 1 amide bonds. The van der Waals surface area contributed by atoms with Gasteiger partial charge < -0.3 is 15.1 Å². The molecular weight excluding hydrogens is 264 g/mol. The summed E-state index contributed by atoms with van der Waals surface area (Å²) in [5.41, 5.74) is -0.260. The maximum Gasteiger partial charge on any atom is 0.230 e. The maximum atomic E-state index is 12.6. The lowest BCUT2D eigenvalue weighted by Crippen LogP contribution is -2.43. The van der Waals surface area contributed by atoms with Crippen molar-refractivity contribution in [2.75, 3.05) is 40.3 Å². The summed E-state index contributed by atoms with van der Waals surface area (Å²) in [7, 11) is 3.72. The summed E-state index contributed by atoms with van der Waals surface area (Å²) in [6.45, 7) is 5.77. The van der Waals surface area contributed by atoms with Crippen LogP contribution in [-0.4, -0.2) is 61.9 Å². The summed E-state index contributed by atoms with van der Waals surface area (Å²) in [6.07, 6.45) is 6.74. The standard InChI is InChI=1S/C16H30N4O/c1-4-17-15(20-11-7-8-12-20)18-13-16(9-5-6-10-16)14(21)19(2)3/h4-13H2,1-3H3,(H,17,18). The van der Waals surface area contributed by atoms with Gasteiger partial charge >= 0.3 is 0 Å². The number of likely N-dealkylation sites (tertiary alicyclic amines) is 1. The van der Waals surface area contributed by atoms with Crippen LogP contribution in [0.15, 0.2) is 4.99 Å². The first-order chi connectivity index (χ1) is 10.1. The van der Waals surface area contributed by atoms with E-state index >= 15 is 0 Å². The van der Waals surface area contributed by atoms with Crippen LogP contribution in [0, 0.1) is 5.41 Å². The summed E-state index contributed by atoms with van der Waals surface area (Å²) >= 11 is 0. The van der Waals surface area contributed by atoms with E-state index in [1.165, 1.54) is 12.8 Å². The molecule has 0 bridgehead atoms. The van der Waals surface area contributed by atoms with Crippen LogP contribution in [0.3, 0.4) is 0 Å². The molecule has 5 nitrogen and oxygen atoms in total. The van der Waals surface area contributed by atoms with Gasteiger partial charge in [0.15, 0.2) is 5.96 Å². The van der Waals surface area contributed by atoms with Crippen molar-refractivity contribution in [3.05, 3.63) is 0 Å². The van der Waals surface area contributed by atoms with Gasteiger partial charge in [0.1, 0.15) is 0 Å². The van der Waals surface area contributed by atoms with E-state index in [9.17, 15) is 4.79 Å². The van der Waals surface area contributed by atoms with Crippen LogP contribution in [0.1, 0.15) is 45.4 Å². The van der Waals surface area contributed by atoms with Crippen LogP contribution >= 0.6 is 0 Å². The Kier molecular flexibility index (Phi) is 5.48. The molecular formula is C16H30N4O. The molecule has 1 saturated heterocycles. The normalized spacial score (nSPS) is 21.7. The molecule has 0 spiro atoms. The summed E-state index contributed by atoms with van der Waals surface area (Å²) in [5.74, 6) is 1.24. The molecule has 0 aromatic heterocycles. The van der Waals surface area contributed by atoms with Gasteiger partial charge in [-0.15, -0.1) is 0 Å². The van der Waals surface area contributed by atoms with Gasteiger partial charge in [-0.25, -0.2) is 0 Å². The minimum atomic E-state index is -0.260. The second-order valence-electron chi connectivity index (χ2n) is 6.55. The van der Waals surface area contributed by atoms with Gasteiger partial charge in [-0.2, -0.15) is 0 Å². The fourth-order valence-corrected chi connectivity index (χ4v) is 3.55. The molecule has 0 radical (unpaired) electrons. The molecule has 0 atom stereocenters. The molecule has 2 rings (SSSR count). The molecule has 5 heteroatoms. The average molecular weight is 294 g/mol. The lowest BCUT2D eigenvalue weighted by Gasteiger charge is -2.30. The third kappa shape index (κ3) is 3.69. The number of carbonyl (C=O) groups excluding carboxylic acids is 1. The molecule has 1 aliphatic heterocycles. The van der Waals surface area contributed by atoms with Gasteiger partial charge in [0.05, 0.1) is 12.0 Å². The van der Waals surface area contributed by atoms with Crippen molar-refractivity contribution in [2.24, 2.45) is 10.4 Å². The van der Waals surface area contributed by atoms with Crippen molar-refractivity contribution in [3.8, 4) is 0 Å². The number of carbonyl (C=O) groups is 1. The number of hydrogen-bond donors (Lipinski definition) is 1. The summed E-state index contributed by atoms with van der Waals surface area (Å²) in [4.78, 5) is 21.5. The van der Waals surface area contributed by atoms with Crippen molar-refractivity contribution in [3.63, 3.8) is 0 Å². The zero-order valence-electron chi connectivity index (χ0n) is 13.8. The highest BCUT2D eigenvalue weighted by atomic mass is 16.2. The van der Waals surface area contributed by atoms with Gasteiger partial charge in [-0.1, -0.05) is 12.8 Å². The van der Waals surface area contributed by atoms with Gasteiger partial charge in [0.25, 0.3) is 0 Å². The fraction of sp³-hybridized carbons (Fsp3) is 0.875. The number of guanidine groups is 1. The van der Waals surface area contributed by atoms with Crippen LogP contribution in [0.2, 0.25) is 0 Å². The Bertz CT molecular complexity index is 380. The Hall–Kier alpha value is -1.26. The summed E-state index contributed by atoms with van der Waals surface area (Å²) in [6, 6.07) is 0. The molecule has 1 aliphatic carbocycles. The summed E-state index contributed by atoms with van der Waals surface area (Å²) < 4.78 is 0. The van der Waals surface area contributed by atoms with E-state index in [2.05, 4.69) is 17.1 Å². The number of aliphatic imine (C=N–C) groups is 1. The van der Waals surface area contributed by atoms with Crippen molar-refractivity contribution < 1.29 is 4.79 Å². The molecule has 2 aliphatic rings. The Balaban J connectivity index is 2.11. The molecule has 21 heavy (non-hydrogen) atoms. The quantitative estimate of drug-likeness (QED) is 0.634. The van der Waals surface area contributed by atoms with Crippen LogP contribution in [-0.2, 0) is 4.79 Å². The van der Waals surface area contributed by atoms with Crippen LogP contribution in [0.25, 0.3) is 0 Å². The SMILES string of the molecule is CCNC(=NCC1(C(=O)N(C)C)CCCC1)N1CCCC1. The van der Waals surface area contributed by atoms with Crippen molar-refractivity contribution >= 4 is 11.9 Å². The molecule has 0 aromatic rings. The van der Waals surface area contributed by atoms with Gasteiger partial charge in [0.2, 0.25) is 5.91 Å². The number of nitrogens with one attached hydrogen (secondary N) is 1. The first kappa shape index (κ1) is 16.1. The van der Waals surface area contributed by atoms with Crippen LogP contribution < -0.4 is 5.32 Å². The molecule has 1 N–H and O–H groups in total. The minimum absolute atomic E-state index is 0.251. The molecule has 2 fully saturated rings. The second kappa shape index (κ2) is 7.14. The van der Waals surface area contributed by atoms with Gasteiger partial charge in [0, 0.05) is 33.7 Å². The van der Waals surface area contributed by atoms with E-state index in [-0.39, 0.29) is 11.3 Å². The predicted octanol–water partition coefficient (Wildman–Crippen LogP) is 1.70. The zero-order chi connectivity index (χ0) is 15.3. The predicted molar refractivity (Wildman–Crippen MR) is 86.4 cm³/mol. The highest BCUT2D eigenvalue weighted by Crippen LogP contribution is 2.39. The van der Waals surface area contributed by atoms with Gasteiger partial charge in [-0.05, 0) is 32.6 Å². The monoisotopic (exact) mass is 294 g/mol. The topological polar surface area (TPSA) is 47.9 Å². The van der Waals surface area contributed by atoms with Crippen molar-refractivity contribution in [1.29, 1.82) is 0 Å². The van der Waals surface area contributed by atoms with E-state index in [0.717, 1.165) is 51.3 Å². The smallest absolute Gasteiger partial charge is 0.230 e. The van der Waals surface area contributed by atoms with Crippen molar-refractivity contribution in [1.82, 2.24) is 15.1 Å². The molecule has 0 aromatic carbocycles. The Morgan fingerprint density at radius 2 is 1.81 bits per heavy atom. The number of rotatable bonds is 4. The second-order valence-corrected chi connectivity index (χ2v) is 6.55. The lowest BCUT2D eigenvalue weighted by molar-refractivity contribution is -0.138. The number of nitrogens with zero attached hydrogens (tertiary/aromatic N) is 3. The average Bonchev–Trinajstić information content (AvgIpc) is 3.14. The van der Waals surface area contributed by atoms with Crippen LogP contribution in [0.4, 0.5) is 0 Å². The van der Waals surface area contributed by atoms with E-state index in [1.54, 1.807) is 4.90 Å². The first-order valence-corrected chi connectivity index (χ1v) is 8.34. The fourth-order valence-electron chi connectivity index (χ4n) is 3.55. The van der Waals surface area contributed by atoms with Crippen LogP contribution in [0.5, 0.6) is 0 Å². The lowest BCUT2D eigenvalue weighted by atomic mass is 9.85. The third-order valence-electron chi connectivity index (χ3n) is 4.69. The van der Waals surface area contributed by atoms with E-state index < -0.39 is 0 Å². The molecule has 0 unspecified atom stereocenters. The molecule has 1 saturated carbocycles. The third-order valence-corrected chi connectivity index (χ3v) is 4.69. The van der Waals surface area contributed by atoms with E-state index in [1.807, 2.05) is 14.1 Å². The van der Waals surface area contributed by atoms with Crippen molar-refractivity contribution in [2.45, 2.75) is 45.4 Å². The minimum Gasteiger partial charge on any atom is -0.357 e. The molecule has 1 heterocycles. The first-order valence-electron chi connectivity index (χ1n) is 8.34. The highest BCUT2D eigenvalue weighted by Gasteiger charge is 2.42. The Morgan fingerprint density at radius 3 is 2.33 bits per heavy atom.